The van der Waals surface area contributed by atoms with Crippen molar-refractivity contribution in [2.75, 3.05) is 11.9 Å². The minimum absolute atomic E-state index is 0.137. The number of hydrogen-bond donors (Lipinski definition) is 2. The molecule has 1 aliphatic rings. The molecule has 1 unspecified atom stereocenters. The number of hydrogen-bond acceptors (Lipinski definition) is 3. The maximum absolute atomic E-state index is 12.6. The molecule has 0 bridgehead atoms. The van der Waals surface area contributed by atoms with Crippen LogP contribution >= 0.6 is 0 Å². The Morgan fingerprint density at radius 3 is 2.42 bits per heavy atom. The average molecular weight is 351 g/mol. The second-order valence-electron chi connectivity index (χ2n) is 6.93. The quantitative estimate of drug-likeness (QED) is 0.767. The number of para-hydroxylation sites is 1. The maximum atomic E-state index is 12.6. The van der Waals surface area contributed by atoms with Crippen molar-refractivity contribution in [2.45, 2.75) is 32.4 Å². The van der Waals surface area contributed by atoms with E-state index in [0.717, 1.165) is 6.54 Å². The molecule has 2 aromatic rings. The summed E-state index contributed by atoms with van der Waals surface area (Å²) in [5.74, 6) is -0.0278. The number of primary amides is 1. The lowest BCUT2D eigenvalue weighted by molar-refractivity contribution is -0.118. The van der Waals surface area contributed by atoms with Crippen molar-refractivity contribution in [3.8, 4) is 0 Å². The molecule has 1 saturated carbocycles. The van der Waals surface area contributed by atoms with E-state index in [1.165, 1.54) is 18.4 Å². The summed E-state index contributed by atoms with van der Waals surface area (Å²) in [7, 11) is 0. The van der Waals surface area contributed by atoms with Gasteiger partial charge in [-0.1, -0.05) is 42.5 Å². The van der Waals surface area contributed by atoms with Crippen LogP contribution in [0.2, 0.25) is 0 Å². The molecule has 2 amide bonds. The average Bonchev–Trinajstić information content (AvgIpc) is 3.47. The van der Waals surface area contributed by atoms with Crippen molar-refractivity contribution in [1.82, 2.24) is 4.90 Å². The van der Waals surface area contributed by atoms with Gasteiger partial charge in [0.1, 0.15) is 0 Å². The van der Waals surface area contributed by atoms with E-state index in [1.807, 2.05) is 18.2 Å². The van der Waals surface area contributed by atoms with Gasteiger partial charge in [0.2, 0.25) is 5.91 Å². The Balaban J connectivity index is 1.70. The van der Waals surface area contributed by atoms with Crippen LogP contribution < -0.4 is 11.1 Å². The van der Waals surface area contributed by atoms with Crippen molar-refractivity contribution in [2.24, 2.45) is 11.7 Å². The van der Waals surface area contributed by atoms with Crippen LogP contribution in [0.15, 0.2) is 54.6 Å². The van der Waals surface area contributed by atoms with Crippen LogP contribution in [-0.2, 0) is 11.3 Å². The van der Waals surface area contributed by atoms with Gasteiger partial charge >= 0.3 is 0 Å². The maximum Gasteiger partial charge on any atom is 0.250 e. The van der Waals surface area contributed by atoms with E-state index >= 15 is 0 Å². The molecule has 0 spiro atoms. The first kappa shape index (κ1) is 18.1. The minimum atomic E-state index is -0.548. The predicted octanol–water partition coefficient (Wildman–Crippen LogP) is 3.02. The summed E-state index contributed by atoms with van der Waals surface area (Å²) in [5, 5.41) is 2.84. The molecular formula is C21H25N3O2. The molecule has 2 aromatic carbocycles. The Kier molecular flexibility index (Phi) is 5.68. The van der Waals surface area contributed by atoms with Gasteiger partial charge < -0.3 is 11.1 Å². The highest BCUT2D eigenvalue weighted by atomic mass is 16.2. The molecule has 0 radical (unpaired) electrons. The summed E-state index contributed by atoms with van der Waals surface area (Å²) in [4.78, 5) is 26.4. The van der Waals surface area contributed by atoms with Crippen molar-refractivity contribution in [3.63, 3.8) is 0 Å². The summed E-state index contributed by atoms with van der Waals surface area (Å²) in [6.45, 7) is 3.19. The van der Waals surface area contributed by atoms with E-state index in [1.54, 1.807) is 24.3 Å². The molecule has 0 aromatic heterocycles. The topological polar surface area (TPSA) is 75.4 Å². The van der Waals surface area contributed by atoms with E-state index in [0.29, 0.717) is 23.2 Å². The Labute approximate surface area is 154 Å². The Bertz CT molecular complexity index is 772. The van der Waals surface area contributed by atoms with Crippen LogP contribution in [0.25, 0.3) is 0 Å². The highest BCUT2D eigenvalue weighted by molar-refractivity contribution is 6.03. The lowest BCUT2D eigenvalue weighted by atomic mass is 10.1. The Morgan fingerprint density at radius 1 is 1.12 bits per heavy atom. The zero-order valence-corrected chi connectivity index (χ0v) is 15.0. The Morgan fingerprint density at radius 2 is 1.77 bits per heavy atom. The largest absolute Gasteiger partial charge is 0.366 e. The van der Waals surface area contributed by atoms with Gasteiger partial charge in [-0.05, 0) is 43.4 Å². The Hall–Kier alpha value is -2.66. The monoisotopic (exact) mass is 351 g/mol. The first-order valence-corrected chi connectivity index (χ1v) is 9.01. The third kappa shape index (κ3) is 4.70. The van der Waals surface area contributed by atoms with E-state index in [-0.39, 0.29) is 12.5 Å². The van der Waals surface area contributed by atoms with E-state index < -0.39 is 5.91 Å². The summed E-state index contributed by atoms with van der Waals surface area (Å²) in [5.41, 5.74) is 7.36. The van der Waals surface area contributed by atoms with Crippen molar-refractivity contribution in [3.05, 3.63) is 65.7 Å². The summed E-state index contributed by atoms with van der Waals surface area (Å²) < 4.78 is 0. The van der Waals surface area contributed by atoms with Gasteiger partial charge in [-0.25, -0.2) is 0 Å². The van der Waals surface area contributed by atoms with Crippen molar-refractivity contribution >= 4 is 17.5 Å². The molecular weight excluding hydrogens is 326 g/mol. The standard InChI is InChI=1S/C21H25N3O2/c1-15(17-11-12-17)24(13-16-7-3-2-4-8-16)14-20(25)23-19-10-6-5-9-18(19)21(22)26/h2-10,15,17H,11-14H2,1H3,(H2,22,26)(H,23,25). The zero-order chi connectivity index (χ0) is 18.5. The molecule has 5 nitrogen and oxygen atoms in total. The number of carbonyl (C=O) groups is 2. The zero-order valence-electron chi connectivity index (χ0n) is 15.0. The normalized spacial score (nSPS) is 14.8. The summed E-state index contributed by atoms with van der Waals surface area (Å²) in [6.07, 6.45) is 2.44. The van der Waals surface area contributed by atoms with E-state index in [9.17, 15) is 9.59 Å². The van der Waals surface area contributed by atoms with Crippen LogP contribution in [0, 0.1) is 5.92 Å². The molecule has 5 heteroatoms. The minimum Gasteiger partial charge on any atom is -0.366 e. The molecule has 136 valence electrons. The van der Waals surface area contributed by atoms with E-state index in [2.05, 4.69) is 29.3 Å². The summed E-state index contributed by atoms with van der Waals surface area (Å²) in [6, 6.07) is 17.3. The fourth-order valence-corrected chi connectivity index (χ4v) is 3.22. The number of carbonyl (C=O) groups excluding carboxylic acids is 2. The van der Waals surface area contributed by atoms with Crippen LogP contribution in [0.4, 0.5) is 5.69 Å². The van der Waals surface area contributed by atoms with Gasteiger partial charge in [0, 0.05) is 12.6 Å². The van der Waals surface area contributed by atoms with Crippen molar-refractivity contribution in [1.29, 1.82) is 0 Å². The molecule has 0 heterocycles. The lowest BCUT2D eigenvalue weighted by Crippen LogP contribution is -2.40. The molecule has 0 saturated heterocycles. The molecule has 26 heavy (non-hydrogen) atoms. The number of nitrogens with two attached hydrogens (primary N) is 1. The highest BCUT2D eigenvalue weighted by Gasteiger charge is 2.32. The van der Waals surface area contributed by atoms with Gasteiger partial charge in [0.25, 0.3) is 5.91 Å². The number of rotatable bonds is 8. The van der Waals surface area contributed by atoms with Crippen molar-refractivity contribution < 1.29 is 9.59 Å². The fraction of sp³-hybridized carbons (Fsp3) is 0.333. The number of amides is 2. The predicted molar refractivity (Wildman–Crippen MR) is 103 cm³/mol. The van der Waals surface area contributed by atoms with Gasteiger partial charge in [0.15, 0.2) is 0 Å². The van der Waals surface area contributed by atoms with Gasteiger partial charge in [0.05, 0.1) is 17.8 Å². The van der Waals surface area contributed by atoms with E-state index in [4.69, 9.17) is 5.73 Å². The van der Waals surface area contributed by atoms with Crippen LogP contribution in [0.5, 0.6) is 0 Å². The molecule has 3 rings (SSSR count). The van der Waals surface area contributed by atoms with Crippen LogP contribution in [-0.4, -0.2) is 29.3 Å². The summed E-state index contributed by atoms with van der Waals surface area (Å²) >= 11 is 0. The fourth-order valence-electron chi connectivity index (χ4n) is 3.22. The molecule has 1 aliphatic carbocycles. The molecule has 3 N–H and O–H groups in total. The molecule has 1 atom stereocenters. The third-order valence-electron chi connectivity index (χ3n) is 4.92. The second kappa shape index (κ2) is 8.15. The third-order valence-corrected chi connectivity index (χ3v) is 4.92. The van der Waals surface area contributed by atoms with Gasteiger partial charge in [-0.2, -0.15) is 0 Å². The van der Waals surface area contributed by atoms with Crippen LogP contribution in [0.1, 0.15) is 35.7 Å². The first-order chi connectivity index (χ1) is 12.5. The number of nitrogens with zero attached hydrogens (tertiary/aromatic N) is 1. The number of nitrogens with one attached hydrogen (secondary N) is 1. The molecule has 0 aliphatic heterocycles. The SMILES string of the molecule is CC(C1CC1)N(CC(=O)Nc1ccccc1C(N)=O)Cc1ccccc1. The number of anilines is 1. The molecule has 1 fully saturated rings. The van der Waals surface area contributed by atoms with Crippen LogP contribution in [0.3, 0.4) is 0 Å². The second-order valence-corrected chi connectivity index (χ2v) is 6.93. The van der Waals surface area contributed by atoms with Gasteiger partial charge in [-0.15, -0.1) is 0 Å². The first-order valence-electron chi connectivity index (χ1n) is 9.01. The smallest absolute Gasteiger partial charge is 0.250 e. The number of benzene rings is 2. The highest BCUT2D eigenvalue weighted by Crippen LogP contribution is 2.35. The lowest BCUT2D eigenvalue weighted by Gasteiger charge is -2.29. The van der Waals surface area contributed by atoms with Gasteiger partial charge in [-0.3, -0.25) is 14.5 Å².